The second-order valence-corrected chi connectivity index (χ2v) is 5.29. The van der Waals surface area contributed by atoms with Crippen LogP contribution < -0.4 is 0 Å². The highest BCUT2D eigenvalue weighted by Crippen LogP contribution is 2.28. The maximum atomic E-state index is 4.79. The highest BCUT2D eigenvalue weighted by Gasteiger charge is 2.19. The van der Waals surface area contributed by atoms with Crippen molar-refractivity contribution >= 4 is 10.8 Å². The van der Waals surface area contributed by atoms with Gasteiger partial charge in [0.25, 0.3) is 0 Å². The van der Waals surface area contributed by atoms with E-state index in [0.717, 1.165) is 6.42 Å². The summed E-state index contributed by atoms with van der Waals surface area (Å²) in [4.78, 5) is 4.79. The van der Waals surface area contributed by atoms with Crippen molar-refractivity contribution in [2.45, 2.75) is 39.5 Å². The van der Waals surface area contributed by atoms with Gasteiger partial charge < -0.3 is 0 Å². The first-order valence-corrected chi connectivity index (χ1v) is 5.91. The summed E-state index contributed by atoms with van der Waals surface area (Å²) in [6.45, 7) is 8.83. The predicted octanol–water partition coefficient (Wildman–Crippen LogP) is 4.09. The first-order chi connectivity index (χ1) is 7.52. The standard InChI is InChI=1S/C15H19N/c1-5-12-10-11-8-6-7-9-13(11)14(16-12)15(2,3)4/h6-10H,5H2,1-4H3. The van der Waals surface area contributed by atoms with E-state index in [1.165, 1.54) is 22.2 Å². The maximum absolute atomic E-state index is 4.79. The Hall–Kier alpha value is -1.37. The van der Waals surface area contributed by atoms with Crippen LogP contribution in [-0.4, -0.2) is 4.98 Å². The summed E-state index contributed by atoms with van der Waals surface area (Å²) in [7, 11) is 0. The summed E-state index contributed by atoms with van der Waals surface area (Å²) in [5.74, 6) is 0. The summed E-state index contributed by atoms with van der Waals surface area (Å²) in [5.41, 5.74) is 2.50. The number of rotatable bonds is 1. The van der Waals surface area contributed by atoms with Crippen LogP contribution in [0.4, 0.5) is 0 Å². The molecule has 0 fully saturated rings. The van der Waals surface area contributed by atoms with Gasteiger partial charge in [0, 0.05) is 16.5 Å². The minimum atomic E-state index is 0.102. The Bertz CT molecular complexity index is 506. The van der Waals surface area contributed by atoms with Crippen molar-refractivity contribution in [3.8, 4) is 0 Å². The minimum absolute atomic E-state index is 0.102. The molecule has 0 atom stereocenters. The SMILES string of the molecule is CCc1cc2ccccc2c(C(C)(C)C)n1. The monoisotopic (exact) mass is 213 g/mol. The van der Waals surface area contributed by atoms with Crippen LogP contribution >= 0.6 is 0 Å². The molecule has 0 bridgehead atoms. The van der Waals surface area contributed by atoms with Gasteiger partial charge in [-0.05, 0) is 17.9 Å². The lowest BCUT2D eigenvalue weighted by atomic mass is 9.88. The molecule has 0 aliphatic carbocycles. The first kappa shape index (κ1) is 11.1. The van der Waals surface area contributed by atoms with Crippen molar-refractivity contribution in [2.24, 2.45) is 0 Å². The zero-order valence-corrected chi connectivity index (χ0v) is 10.5. The van der Waals surface area contributed by atoms with E-state index in [0.29, 0.717) is 0 Å². The molecule has 0 N–H and O–H groups in total. The van der Waals surface area contributed by atoms with Crippen molar-refractivity contribution in [3.63, 3.8) is 0 Å². The molecule has 1 heterocycles. The molecule has 0 aliphatic rings. The van der Waals surface area contributed by atoms with Crippen molar-refractivity contribution in [3.05, 3.63) is 41.7 Å². The lowest BCUT2D eigenvalue weighted by Gasteiger charge is -2.21. The molecule has 0 aliphatic heterocycles. The normalized spacial score (nSPS) is 12.0. The molecule has 0 amide bonds. The van der Waals surface area contributed by atoms with Crippen LogP contribution in [0.2, 0.25) is 0 Å². The molecule has 84 valence electrons. The molecule has 2 rings (SSSR count). The second-order valence-electron chi connectivity index (χ2n) is 5.29. The number of fused-ring (bicyclic) bond motifs is 1. The summed E-state index contributed by atoms with van der Waals surface area (Å²) < 4.78 is 0. The first-order valence-electron chi connectivity index (χ1n) is 5.91. The third-order valence-corrected chi connectivity index (χ3v) is 2.87. The molecule has 1 aromatic heterocycles. The number of nitrogens with zero attached hydrogens (tertiary/aromatic N) is 1. The third kappa shape index (κ3) is 1.95. The van der Waals surface area contributed by atoms with E-state index in [9.17, 15) is 0 Å². The lowest BCUT2D eigenvalue weighted by molar-refractivity contribution is 0.572. The Balaban J connectivity index is 2.79. The molecule has 1 heteroatoms. The number of benzene rings is 1. The van der Waals surface area contributed by atoms with E-state index in [-0.39, 0.29) is 5.41 Å². The summed E-state index contributed by atoms with van der Waals surface area (Å²) >= 11 is 0. The van der Waals surface area contributed by atoms with E-state index in [1.807, 2.05) is 0 Å². The van der Waals surface area contributed by atoms with Crippen LogP contribution in [0.3, 0.4) is 0 Å². The molecular formula is C15H19N. The Labute approximate surface area is 97.5 Å². The largest absolute Gasteiger partial charge is 0.257 e. The van der Waals surface area contributed by atoms with E-state index in [4.69, 9.17) is 4.98 Å². The molecule has 0 radical (unpaired) electrons. The van der Waals surface area contributed by atoms with Crippen molar-refractivity contribution < 1.29 is 0 Å². The van der Waals surface area contributed by atoms with Crippen molar-refractivity contribution in [2.75, 3.05) is 0 Å². The van der Waals surface area contributed by atoms with Gasteiger partial charge in [0.1, 0.15) is 0 Å². The Morgan fingerprint density at radius 2 is 1.81 bits per heavy atom. The van der Waals surface area contributed by atoms with E-state index in [1.54, 1.807) is 0 Å². The lowest BCUT2D eigenvalue weighted by Crippen LogP contribution is -2.15. The van der Waals surface area contributed by atoms with Gasteiger partial charge in [0.15, 0.2) is 0 Å². The van der Waals surface area contributed by atoms with Gasteiger partial charge >= 0.3 is 0 Å². The molecule has 2 aromatic rings. The highest BCUT2D eigenvalue weighted by atomic mass is 14.7. The number of pyridine rings is 1. The van der Waals surface area contributed by atoms with Gasteiger partial charge in [0.2, 0.25) is 0 Å². The number of aryl methyl sites for hydroxylation is 1. The smallest absolute Gasteiger partial charge is 0.0538 e. The van der Waals surface area contributed by atoms with Crippen LogP contribution in [-0.2, 0) is 11.8 Å². The fraction of sp³-hybridized carbons (Fsp3) is 0.400. The van der Waals surface area contributed by atoms with Gasteiger partial charge in [-0.3, -0.25) is 4.98 Å². The van der Waals surface area contributed by atoms with Crippen LogP contribution in [0.25, 0.3) is 10.8 Å². The van der Waals surface area contributed by atoms with Gasteiger partial charge in [-0.25, -0.2) is 0 Å². The van der Waals surface area contributed by atoms with Crippen LogP contribution in [0.15, 0.2) is 30.3 Å². The molecule has 0 unspecified atom stereocenters. The highest BCUT2D eigenvalue weighted by molar-refractivity contribution is 5.85. The Morgan fingerprint density at radius 1 is 1.12 bits per heavy atom. The Kier molecular flexibility index (Phi) is 2.71. The second kappa shape index (κ2) is 3.89. The van der Waals surface area contributed by atoms with Gasteiger partial charge in [-0.1, -0.05) is 52.0 Å². The summed E-state index contributed by atoms with van der Waals surface area (Å²) in [6.07, 6.45) is 0.994. The quantitative estimate of drug-likeness (QED) is 0.695. The summed E-state index contributed by atoms with van der Waals surface area (Å²) in [6, 6.07) is 10.7. The minimum Gasteiger partial charge on any atom is -0.257 e. The van der Waals surface area contributed by atoms with Crippen LogP contribution in [0.1, 0.15) is 39.1 Å². The van der Waals surface area contributed by atoms with Gasteiger partial charge in [-0.15, -0.1) is 0 Å². The van der Waals surface area contributed by atoms with E-state index >= 15 is 0 Å². The van der Waals surface area contributed by atoms with E-state index < -0.39 is 0 Å². The topological polar surface area (TPSA) is 12.9 Å². The third-order valence-electron chi connectivity index (χ3n) is 2.87. The maximum Gasteiger partial charge on any atom is 0.0538 e. The van der Waals surface area contributed by atoms with E-state index in [2.05, 4.69) is 58.0 Å². The fourth-order valence-corrected chi connectivity index (χ4v) is 2.01. The average molecular weight is 213 g/mol. The average Bonchev–Trinajstić information content (AvgIpc) is 2.26. The molecule has 0 spiro atoms. The van der Waals surface area contributed by atoms with Crippen molar-refractivity contribution in [1.29, 1.82) is 0 Å². The molecule has 0 saturated heterocycles. The van der Waals surface area contributed by atoms with Gasteiger partial charge in [-0.2, -0.15) is 0 Å². The molecule has 0 saturated carbocycles. The number of aromatic nitrogens is 1. The molecular weight excluding hydrogens is 194 g/mol. The zero-order valence-electron chi connectivity index (χ0n) is 10.5. The zero-order chi connectivity index (χ0) is 11.8. The van der Waals surface area contributed by atoms with Crippen LogP contribution in [0.5, 0.6) is 0 Å². The molecule has 16 heavy (non-hydrogen) atoms. The number of hydrogen-bond acceptors (Lipinski definition) is 1. The van der Waals surface area contributed by atoms with Crippen LogP contribution in [0, 0.1) is 0 Å². The predicted molar refractivity (Wildman–Crippen MR) is 69.8 cm³/mol. The fourth-order valence-electron chi connectivity index (χ4n) is 2.01. The summed E-state index contributed by atoms with van der Waals surface area (Å²) in [5, 5.41) is 2.59. The molecule has 1 nitrogen and oxygen atoms in total. The number of hydrogen-bond donors (Lipinski definition) is 0. The van der Waals surface area contributed by atoms with Gasteiger partial charge in [0.05, 0.1) is 5.69 Å². The Morgan fingerprint density at radius 3 is 2.44 bits per heavy atom. The molecule has 1 aromatic carbocycles. The van der Waals surface area contributed by atoms with Crippen molar-refractivity contribution in [1.82, 2.24) is 4.98 Å².